The minimum atomic E-state index is -1.44. The fraction of sp³-hybridized carbons (Fsp3) is 0.0476. The Hall–Kier alpha value is -2.72. The van der Waals surface area contributed by atoms with Gasteiger partial charge in [-0.15, -0.1) is 0 Å². The summed E-state index contributed by atoms with van der Waals surface area (Å²) in [5.74, 6) is -0.446. The number of fused-ring (bicyclic) bond motifs is 1. The molecule has 4 heteroatoms. The highest BCUT2D eigenvalue weighted by Crippen LogP contribution is 2.40. The van der Waals surface area contributed by atoms with Gasteiger partial charge in [0.1, 0.15) is 0 Å². The number of nitrogens with one attached hydrogen (secondary N) is 1. The van der Waals surface area contributed by atoms with Crippen LogP contribution in [0.1, 0.15) is 26.3 Å². The number of hydrogen-bond donors (Lipinski definition) is 1. The maximum Gasteiger partial charge on any atom is 0.201 e. The molecule has 0 saturated carbocycles. The Morgan fingerprint density at radius 2 is 1.32 bits per heavy atom. The molecule has 0 saturated heterocycles. The van der Waals surface area contributed by atoms with Crippen LogP contribution in [-0.4, -0.2) is 11.6 Å². The van der Waals surface area contributed by atoms with E-state index < -0.39 is 5.54 Å². The predicted octanol–water partition coefficient (Wildman–Crippen LogP) is 4.84. The lowest BCUT2D eigenvalue weighted by Crippen LogP contribution is -2.46. The maximum absolute atomic E-state index is 13.3. The van der Waals surface area contributed by atoms with Crippen molar-refractivity contribution in [2.24, 2.45) is 0 Å². The molecule has 0 fully saturated rings. The van der Waals surface area contributed by atoms with Gasteiger partial charge >= 0.3 is 0 Å². The molecule has 0 heterocycles. The zero-order valence-electron chi connectivity index (χ0n) is 13.2. The van der Waals surface area contributed by atoms with Crippen molar-refractivity contribution in [3.63, 3.8) is 0 Å². The topological polar surface area (TPSA) is 46.2 Å². The summed E-state index contributed by atoms with van der Waals surface area (Å²) in [7, 11) is 0. The number of carbonyl (C=O) groups excluding carboxylic acids is 2. The number of hydrogen-bond acceptors (Lipinski definition) is 3. The zero-order chi connectivity index (χ0) is 17.4. The van der Waals surface area contributed by atoms with Gasteiger partial charge in [-0.25, -0.2) is 0 Å². The van der Waals surface area contributed by atoms with Gasteiger partial charge in [0.05, 0.1) is 0 Å². The minimum absolute atomic E-state index is 0.223. The Labute approximate surface area is 153 Å². The molecule has 1 aliphatic rings. The number of halogens is 1. The summed E-state index contributed by atoms with van der Waals surface area (Å²) < 4.78 is 0.871. The molecule has 0 amide bonds. The number of Topliss-reactive ketones (excluding diaryl/α,β-unsaturated/α-hetero) is 2. The summed E-state index contributed by atoms with van der Waals surface area (Å²) in [6, 6.07) is 23.6. The summed E-state index contributed by atoms with van der Waals surface area (Å²) in [5.41, 5.74) is 0.817. The van der Waals surface area contributed by atoms with Crippen LogP contribution in [0.25, 0.3) is 0 Å². The Kier molecular flexibility index (Phi) is 3.77. The SMILES string of the molecule is O=C1c2ccccc2C(=O)C1(Nc1cccc(Br)c1)c1ccccc1. The first-order chi connectivity index (χ1) is 12.1. The molecule has 0 bridgehead atoms. The Balaban J connectivity index is 1.93. The van der Waals surface area contributed by atoms with E-state index in [0.717, 1.165) is 4.47 Å². The minimum Gasteiger partial charge on any atom is -0.362 e. The first-order valence-corrected chi connectivity index (χ1v) is 8.70. The van der Waals surface area contributed by atoms with Crippen LogP contribution in [0.4, 0.5) is 5.69 Å². The number of carbonyl (C=O) groups is 2. The third-order valence-electron chi connectivity index (χ3n) is 4.46. The van der Waals surface area contributed by atoms with E-state index in [1.165, 1.54) is 0 Å². The molecule has 0 unspecified atom stereocenters. The molecule has 1 N–H and O–H groups in total. The number of rotatable bonds is 3. The highest BCUT2D eigenvalue weighted by Gasteiger charge is 2.54. The van der Waals surface area contributed by atoms with Crippen LogP contribution in [0.2, 0.25) is 0 Å². The summed E-state index contributed by atoms with van der Waals surface area (Å²) in [5, 5.41) is 3.23. The third-order valence-corrected chi connectivity index (χ3v) is 4.95. The Bertz CT molecular complexity index is 947. The van der Waals surface area contributed by atoms with Crippen LogP contribution in [0.3, 0.4) is 0 Å². The lowest BCUT2D eigenvalue weighted by Gasteiger charge is -2.29. The lowest BCUT2D eigenvalue weighted by atomic mass is 9.84. The molecule has 0 atom stereocenters. The van der Waals surface area contributed by atoms with Crippen LogP contribution in [0, 0.1) is 0 Å². The van der Waals surface area contributed by atoms with Crippen LogP contribution in [0.15, 0.2) is 83.3 Å². The maximum atomic E-state index is 13.3. The van der Waals surface area contributed by atoms with Crippen LogP contribution < -0.4 is 5.32 Å². The van der Waals surface area contributed by atoms with E-state index in [-0.39, 0.29) is 11.6 Å². The number of ketones is 2. The van der Waals surface area contributed by atoms with E-state index in [1.54, 1.807) is 24.3 Å². The molecule has 0 spiro atoms. The van der Waals surface area contributed by atoms with Crippen molar-refractivity contribution in [2.75, 3.05) is 5.32 Å². The van der Waals surface area contributed by atoms with Crippen LogP contribution in [0.5, 0.6) is 0 Å². The van der Waals surface area contributed by atoms with E-state index in [9.17, 15) is 9.59 Å². The quantitative estimate of drug-likeness (QED) is 0.649. The van der Waals surface area contributed by atoms with Gasteiger partial charge in [-0.3, -0.25) is 9.59 Å². The van der Waals surface area contributed by atoms with Gasteiger partial charge in [0.25, 0.3) is 0 Å². The van der Waals surface area contributed by atoms with Gasteiger partial charge in [0.15, 0.2) is 5.54 Å². The van der Waals surface area contributed by atoms with E-state index in [0.29, 0.717) is 22.4 Å². The summed E-state index contributed by atoms with van der Waals surface area (Å²) >= 11 is 3.43. The third kappa shape index (κ3) is 2.41. The second kappa shape index (κ2) is 5.97. The largest absolute Gasteiger partial charge is 0.362 e. The molecule has 3 nitrogen and oxygen atoms in total. The molecular formula is C21H14BrNO2. The Morgan fingerprint density at radius 3 is 1.92 bits per heavy atom. The molecule has 3 aromatic carbocycles. The normalized spacial score (nSPS) is 15.1. The molecule has 1 aliphatic carbocycles. The molecule has 0 aromatic heterocycles. The van der Waals surface area contributed by atoms with E-state index in [4.69, 9.17) is 0 Å². The van der Waals surface area contributed by atoms with Crippen molar-refractivity contribution >= 4 is 33.2 Å². The predicted molar refractivity (Wildman–Crippen MR) is 101 cm³/mol. The molecule has 0 radical (unpaired) electrons. The first kappa shape index (κ1) is 15.8. The van der Waals surface area contributed by atoms with Crippen molar-refractivity contribution in [2.45, 2.75) is 5.54 Å². The summed E-state index contributed by atoms with van der Waals surface area (Å²) in [4.78, 5) is 26.6. The van der Waals surface area contributed by atoms with E-state index in [2.05, 4.69) is 21.2 Å². The monoisotopic (exact) mass is 391 g/mol. The molecule has 122 valence electrons. The van der Waals surface area contributed by atoms with Gasteiger partial charge in [0, 0.05) is 21.3 Å². The number of benzene rings is 3. The molecular weight excluding hydrogens is 378 g/mol. The second-order valence-electron chi connectivity index (χ2n) is 5.96. The van der Waals surface area contributed by atoms with Crippen LogP contribution >= 0.6 is 15.9 Å². The number of anilines is 1. The van der Waals surface area contributed by atoms with Gasteiger partial charge in [-0.1, -0.05) is 76.6 Å². The highest BCUT2D eigenvalue weighted by molar-refractivity contribution is 9.10. The fourth-order valence-corrected chi connectivity index (χ4v) is 3.70. The van der Waals surface area contributed by atoms with Gasteiger partial charge in [-0.2, -0.15) is 0 Å². The van der Waals surface area contributed by atoms with Crippen LogP contribution in [-0.2, 0) is 5.54 Å². The lowest BCUT2D eigenvalue weighted by molar-refractivity contribution is 0.0819. The van der Waals surface area contributed by atoms with Crippen molar-refractivity contribution in [1.82, 2.24) is 0 Å². The standard InChI is InChI=1S/C21H14BrNO2/c22-15-9-6-10-16(13-15)23-21(14-7-2-1-3-8-14)19(24)17-11-4-5-12-18(17)20(21)25/h1-13,23H. The van der Waals surface area contributed by atoms with Gasteiger partial charge in [0.2, 0.25) is 11.6 Å². The Morgan fingerprint density at radius 1 is 0.720 bits per heavy atom. The van der Waals surface area contributed by atoms with E-state index in [1.807, 2.05) is 54.6 Å². The molecule has 0 aliphatic heterocycles. The van der Waals surface area contributed by atoms with Crippen molar-refractivity contribution in [3.8, 4) is 0 Å². The average Bonchev–Trinajstić information content (AvgIpc) is 2.86. The summed E-state index contributed by atoms with van der Waals surface area (Å²) in [6.07, 6.45) is 0. The van der Waals surface area contributed by atoms with Gasteiger partial charge < -0.3 is 5.32 Å². The highest BCUT2D eigenvalue weighted by atomic mass is 79.9. The van der Waals surface area contributed by atoms with Crippen molar-refractivity contribution in [1.29, 1.82) is 0 Å². The molecule has 25 heavy (non-hydrogen) atoms. The van der Waals surface area contributed by atoms with Gasteiger partial charge in [-0.05, 0) is 23.8 Å². The van der Waals surface area contributed by atoms with Crippen molar-refractivity contribution in [3.05, 3.63) is 100 Å². The second-order valence-corrected chi connectivity index (χ2v) is 6.87. The smallest absolute Gasteiger partial charge is 0.201 e. The molecule has 3 aromatic rings. The van der Waals surface area contributed by atoms with Crippen molar-refractivity contribution < 1.29 is 9.59 Å². The first-order valence-electron chi connectivity index (χ1n) is 7.91. The zero-order valence-corrected chi connectivity index (χ0v) is 14.8. The fourth-order valence-electron chi connectivity index (χ4n) is 3.31. The average molecular weight is 392 g/mol. The van der Waals surface area contributed by atoms with E-state index >= 15 is 0 Å². The molecule has 4 rings (SSSR count). The summed E-state index contributed by atoms with van der Waals surface area (Å²) in [6.45, 7) is 0.